The van der Waals surface area contributed by atoms with Gasteiger partial charge in [-0.1, -0.05) is 50.1 Å². The van der Waals surface area contributed by atoms with E-state index in [4.69, 9.17) is 4.42 Å². The van der Waals surface area contributed by atoms with E-state index in [2.05, 4.69) is 72.8 Å². The van der Waals surface area contributed by atoms with Crippen molar-refractivity contribution in [3.05, 3.63) is 41.3 Å². The van der Waals surface area contributed by atoms with E-state index < -0.39 is 0 Å². The molecule has 122 valence electrons. The molecule has 1 aromatic heterocycles. The first-order valence-corrected chi connectivity index (χ1v) is 7.24. The third-order valence-electron chi connectivity index (χ3n) is 3.41. The average Bonchev–Trinajstić information content (AvgIpc) is 2.86. The standard InChI is InChI=1S/C16H24N4O.ClH/c1-11(18-15-20-19-14(21-15)10-17-5)12-6-8-13(9-7-12)16(2,3)4;/h6-9,11,17H,10H2,1-5H3,(H,18,20);1H. The summed E-state index contributed by atoms with van der Waals surface area (Å²) in [5, 5.41) is 14.2. The van der Waals surface area contributed by atoms with Crippen molar-refractivity contribution in [1.82, 2.24) is 15.5 Å². The van der Waals surface area contributed by atoms with Crippen LogP contribution in [0.3, 0.4) is 0 Å². The molecule has 0 saturated heterocycles. The lowest BCUT2D eigenvalue weighted by molar-refractivity contribution is 0.486. The highest BCUT2D eigenvalue weighted by Crippen LogP contribution is 2.25. The Bertz CT molecular complexity index is 575. The number of nitrogens with one attached hydrogen (secondary N) is 2. The highest BCUT2D eigenvalue weighted by atomic mass is 35.5. The van der Waals surface area contributed by atoms with Gasteiger partial charge in [-0.15, -0.1) is 17.5 Å². The molecule has 0 radical (unpaired) electrons. The van der Waals surface area contributed by atoms with E-state index in [0.717, 1.165) is 0 Å². The lowest BCUT2D eigenvalue weighted by atomic mass is 9.86. The van der Waals surface area contributed by atoms with E-state index in [-0.39, 0.29) is 23.9 Å². The number of rotatable bonds is 5. The van der Waals surface area contributed by atoms with Gasteiger partial charge in [0.25, 0.3) is 0 Å². The Morgan fingerprint density at radius 2 is 1.77 bits per heavy atom. The maximum atomic E-state index is 5.50. The number of anilines is 1. The molecule has 0 amide bonds. The van der Waals surface area contributed by atoms with Crippen molar-refractivity contribution in [1.29, 1.82) is 0 Å². The Balaban J connectivity index is 0.00000242. The van der Waals surface area contributed by atoms with Crippen molar-refractivity contribution in [3.63, 3.8) is 0 Å². The summed E-state index contributed by atoms with van der Waals surface area (Å²) in [6.45, 7) is 9.29. The molecule has 2 aromatic rings. The molecule has 1 aromatic carbocycles. The van der Waals surface area contributed by atoms with Crippen molar-refractivity contribution in [2.75, 3.05) is 12.4 Å². The Morgan fingerprint density at radius 1 is 1.14 bits per heavy atom. The van der Waals surface area contributed by atoms with Crippen LogP contribution in [-0.4, -0.2) is 17.2 Å². The normalized spacial score (nSPS) is 12.6. The molecule has 0 aliphatic rings. The summed E-state index contributed by atoms with van der Waals surface area (Å²) in [4.78, 5) is 0. The van der Waals surface area contributed by atoms with Gasteiger partial charge in [0.1, 0.15) is 0 Å². The third kappa shape index (κ3) is 4.71. The predicted molar refractivity (Wildman–Crippen MR) is 91.5 cm³/mol. The average molecular weight is 325 g/mol. The van der Waals surface area contributed by atoms with Crippen LogP contribution >= 0.6 is 12.4 Å². The van der Waals surface area contributed by atoms with Gasteiger partial charge in [-0.2, -0.15) is 0 Å². The van der Waals surface area contributed by atoms with Gasteiger partial charge in [0, 0.05) is 0 Å². The molecule has 1 atom stereocenters. The van der Waals surface area contributed by atoms with Crippen LogP contribution in [0.1, 0.15) is 50.8 Å². The maximum absolute atomic E-state index is 5.50. The molecule has 5 nitrogen and oxygen atoms in total. The minimum atomic E-state index is 0. The largest absolute Gasteiger partial charge is 0.407 e. The predicted octanol–water partition coefficient (Wildman–Crippen LogP) is 3.68. The van der Waals surface area contributed by atoms with Crippen molar-refractivity contribution in [2.24, 2.45) is 0 Å². The summed E-state index contributed by atoms with van der Waals surface area (Å²) in [5.41, 5.74) is 2.69. The quantitative estimate of drug-likeness (QED) is 0.878. The van der Waals surface area contributed by atoms with E-state index in [1.54, 1.807) is 0 Å². The van der Waals surface area contributed by atoms with Crippen LogP contribution in [-0.2, 0) is 12.0 Å². The molecule has 2 rings (SSSR count). The molecule has 2 N–H and O–H groups in total. The van der Waals surface area contributed by atoms with E-state index in [1.807, 2.05) is 7.05 Å². The van der Waals surface area contributed by atoms with Crippen LogP contribution in [0, 0.1) is 0 Å². The summed E-state index contributed by atoms with van der Waals surface area (Å²) >= 11 is 0. The van der Waals surface area contributed by atoms with Crippen LogP contribution in [0.25, 0.3) is 0 Å². The Hall–Kier alpha value is -1.59. The van der Waals surface area contributed by atoms with Crippen molar-refractivity contribution < 1.29 is 4.42 Å². The van der Waals surface area contributed by atoms with Crippen LogP contribution in [0.15, 0.2) is 28.7 Å². The molecule has 0 fully saturated rings. The molecular weight excluding hydrogens is 300 g/mol. The van der Waals surface area contributed by atoms with Gasteiger partial charge in [0.15, 0.2) is 0 Å². The molecule has 22 heavy (non-hydrogen) atoms. The van der Waals surface area contributed by atoms with Gasteiger partial charge in [-0.3, -0.25) is 0 Å². The Morgan fingerprint density at radius 3 is 2.32 bits per heavy atom. The highest BCUT2D eigenvalue weighted by molar-refractivity contribution is 5.85. The lowest BCUT2D eigenvalue weighted by Gasteiger charge is -2.20. The number of halogens is 1. The first-order valence-electron chi connectivity index (χ1n) is 7.24. The SMILES string of the molecule is CNCc1nnc(NC(C)c2ccc(C(C)(C)C)cc2)o1.Cl. The molecular formula is C16H25ClN4O. The zero-order chi connectivity index (χ0) is 15.5. The second-order valence-electron chi connectivity index (χ2n) is 6.27. The van der Waals surface area contributed by atoms with E-state index in [1.165, 1.54) is 11.1 Å². The number of hydrogen-bond donors (Lipinski definition) is 2. The molecule has 6 heteroatoms. The highest BCUT2D eigenvalue weighted by Gasteiger charge is 2.15. The molecule has 0 bridgehead atoms. The van der Waals surface area contributed by atoms with Crippen molar-refractivity contribution in [2.45, 2.75) is 45.7 Å². The second kappa shape index (κ2) is 7.61. The maximum Gasteiger partial charge on any atom is 0.315 e. The second-order valence-corrected chi connectivity index (χ2v) is 6.27. The zero-order valence-corrected chi connectivity index (χ0v) is 14.6. The van der Waals surface area contributed by atoms with Crippen LogP contribution in [0.5, 0.6) is 0 Å². The van der Waals surface area contributed by atoms with Crippen molar-refractivity contribution >= 4 is 18.4 Å². The monoisotopic (exact) mass is 324 g/mol. The van der Waals surface area contributed by atoms with Gasteiger partial charge in [-0.25, -0.2) is 0 Å². The minimum Gasteiger partial charge on any atom is -0.407 e. The number of aromatic nitrogens is 2. The third-order valence-corrected chi connectivity index (χ3v) is 3.41. The Kier molecular flexibility index (Phi) is 6.38. The summed E-state index contributed by atoms with van der Waals surface area (Å²) in [6, 6.07) is 9.20. The van der Waals surface area contributed by atoms with Gasteiger partial charge < -0.3 is 15.1 Å². The molecule has 1 unspecified atom stereocenters. The fourth-order valence-electron chi connectivity index (χ4n) is 2.07. The summed E-state index contributed by atoms with van der Waals surface area (Å²) in [6.07, 6.45) is 0. The summed E-state index contributed by atoms with van der Waals surface area (Å²) in [5.74, 6) is 0.579. The number of hydrogen-bond acceptors (Lipinski definition) is 5. The summed E-state index contributed by atoms with van der Waals surface area (Å²) < 4.78 is 5.50. The van der Waals surface area contributed by atoms with Crippen LogP contribution < -0.4 is 10.6 Å². The summed E-state index contributed by atoms with van der Waals surface area (Å²) in [7, 11) is 1.84. The van der Waals surface area contributed by atoms with Gasteiger partial charge in [0.05, 0.1) is 12.6 Å². The van der Waals surface area contributed by atoms with E-state index in [0.29, 0.717) is 18.5 Å². The van der Waals surface area contributed by atoms with Crippen LogP contribution in [0.4, 0.5) is 6.01 Å². The fraction of sp³-hybridized carbons (Fsp3) is 0.500. The topological polar surface area (TPSA) is 63.0 Å². The number of benzene rings is 1. The van der Waals surface area contributed by atoms with Crippen molar-refractivity contribution in [3.8, 4) is 0 Å². The molecule has 0 spiro atoms. The molecule has 1 heterocycles. The van der Waals surface area contributed by atoms with Crippen LogP contribution in [0.2, 0.25) is 0 Å². The lowest BCUT2D eigenvalue weighted by Crippen LogP contribution is -2.12. The van der Waals surface area contributed by atoms with E-state index >= 15 is 0 Å². The molecule has 0 aliphatic carbocycles. The molecule has 0 saturated carbocycles. The van der Waals surface area contributed by atoms with E-state index in [9.17, 15) is 0 Å². The Labute approximate surface area is 138 Å². The first kappa shape index (κ1) is 18.5. The van der Waals surface area contributed by atoms with Gasteiger partial charge in [-0.05, 0) is 30.5 Å². The van der Waals surface area contributed by atoms with Gasteiger partial charge >= 0.3 is 6.01 Å². The van der Waals surface area contributed by atoms with Gasteiger partial charge in [0.2, 0.25) is 5.89 Å². The smallest absolute Gasteiger partial charge is 0.315 e. The number of nitrogens with zero attached hydrogens (tertiary/aromatic N) is 2. The fourth-order valence-corrected chi connectivity index (χ4v) is 2.07. The molecule has 0 aliphatic heterocycles. The minimum absolute atomic E-state index is 0. The first-order chi connectivity index (χ1) is 9.90. The zero-order valence-electron chi connectivity index (χ0n) is 13.8.